The van der Waals surface area contributed by atoms with Gasteiger partial charge < -0.3 is 9.80 Å². The lowest BCUT2D eigenvalue weighted by Gasteiger charge is -2.33. The van der Waals surface area contributed by atoms with Crippen LogP contribution in [0.3, 0.4) is 0 Å². The lowest BCUT2D eigenvalue weighted by atomic mass is 10.2. The molecule has 0 aromatic carbocycles. The molecule has 4 nitrogen and oxygen atoms in total. The van der Waals surface area contributed by atoms with Crippen LogP contribution in [0.1, 0.15) is 19.8 Å². The lowest BCUT2D eigenvalue weighted by Crippen LogP contribution is -2.54. The van der Waals surface area contributed by atoms with Crippen LogP contribution in [0.5, 0.6) is 0 Å². The zero-order chi connectivity index (χ0) is 11.3. The zero-order valence-electron chi connectivity index (χ0n) is 9.04. The Hall–Kier alpha value is -0.770. The normalized spacial score (nSPS) is 17.5. The van der Waals surface area contributed by atoms with Gasteiger partial charge in [0.2, 0.25) is 0 Å². The molecule has 2 amide bonds. The first-order valence-corrected chi connectivity index (χ1v) is 5.88. The van der Waals surface area contributed by atoms with E-state index in [2.05, 4.69) is 0 Å². The molecule has 0 unspecified atom stereocenters. The Kier molecular flexibility index (Phi) is 4.88. The number of hydrogen-bond donors (Lipinski definition) is 0. The van der Waals surface area contributed by atoms with Crippen molar-refractivity contribution < 1.29 is 9.59 Å². The van der Waals surface area contributed by atoms with Gasteiger partial charge in [0, 0.05) is 32.1 Å². The predicted octanol–water partition coefficient (Wildman–Crippen LogP) is 0.696. The topological polar surface area (TPSA) is 40.6 Å². The van der Waals surface area contributed by atoms with Gasteiger partial charge in [-0.3, -0.25) is 9.59 Å². The fraction of sp³-hybridized carbons (Fsp3) is 0.800. The lowest BCUT2D eigenvalue weighted by molar-refractivity contribution is -0.156. The van der Waals surface area contributed by atoms with Crippen LogP contribution in [-0.2, 0) is 9.59 Å². The van der Waals surface area contributed by atoms with Gasteiger partial charge in [-0.1, -0.05) is 6.92 Å². The maximum absolute atomic E-state index is 11.6. The highest BCUT2D eigenvalue weighted by atomic mass is 35.5. The van der Waals surface area contributed by atoms with Gasteiger partial charge in [-0.2, -0.15) is 0 Å². The summed E-state index contributed by atoms with van der Waals surface area (Å²) in [5, 5.41) is 0. The van der Waals surface area contributed by atoms with Crippen molar-refractivity contribution in [1.82, 2.24) is 9.80 Å². The molecule has 1 aliphatic heterocycles. The maximum Gasteiger partial charge on any atom is 0.312 e. The van der Waals surface area contributed by atoms with E-state index in [0.717, 1.165) is 12.8 Å². The highest BCUT2D eigenvalue weighted by molar-refractivity contribution is 6.35. The molecule has 0 atom stereocenters. The second-order valence-electron chi connectivity index (χ2n) is 3.63. The van der Waals surface area contributed by atoms with Gasteiger partial charge in [-0.15, -0.1) is 11.6 Å². The smallest absolute Gasteiger partial charge is 0.312 e. The van der Waals surface area contributed by atoms with Crippen molar-refractivity contribution in [1.29, 1.82) is 0 Å². The molecule has 1 heterocycles. The van der Waals surface area contributed by atoms with Crippen LogP contribution in [0.4, 0.5) is 0 Å². The number of amides is 2. The number of piperazine rings is 1. The predicted molar refractivity (Wildman–Crippen MR) is 58.8 cm³/mol. The van der Waals surface area contributed by atoms with Crippen molar-refractivity contribution in [3.8, 4) is 0 Å². The highest BCUT2D eigenvalue weighted by Gasteiger charge is 2.31. The molecule has 0 spiro atoms. The van der Waals surface area contributed by atoms with Crippen LogP contribution >= 0.6 is 11.6 Å². The number of alkyl halides is 1. The molecule has 86 valence electrons. The van der Waals surface area contributed by atoms with Crippen molar-refractivity contribution >= 4 is 23.4 Å². The van der Waals surface area contributed by atoms with Crippen LogP contribution in [-0.4, -0.2) is 53.7 Å². The number of nitrogens with zero attached hydrogens (tertiary/aromatic N) is 2. The van der Waals surface area contributed by atoms with E-state index in [-0.39, 0.29) is 11.8 Å². The van der Waals surface area contributed by atoms with Gasteiger partial charge in [-0.25, -0.2) is 0 Å². The average Bonchev–Trinajstić information content (AvgIpc) is 2.24. The summed E-state index contributed by atoms with van der Waals surface area (Å²) in [5.74, 6) is -0.214. The van der Waals surface area contributed by atoms with Gasteiger partial charge in [0.25, 0.3) is 0 Å². The molecule has 0 aromatic rings. The number of halogens is 1. The Balaban J connectivity index is 2.49. The molecular formula is C10H17ClN2O2. The molecule has 1 rings (SSSR count). The van der Waals surface area contributed by atoms with Gasteiger partial charge in [0.1, 0.15) is 0 Å². The van der Waals surface area contributed by atoms with Crippen molar-refractivity contribution in [3.05, 3.63) is 0 Å². The van der Waals surface area contributed by atoms with Gasteiger partial charge in [-0.05, 0) is 12.8 Å². The third-order valence-electron chi connectivity index (χ3n) is 2.45. The second-order valence-corrected chi connectivity index (χ2v) is 4.00. The summed E-state index contributed by atoms with van der Waals surface area (Å²) in [6.07, 6.45) is 1.63. The number of rotatable bonds is 5. The summed E-state index contributed by atoms with van der Waals surface area (Å²) >= 11 is 5.55. The summed E-state index contributed by atoms with van der Waals surface area (Å²) in [5.41, 5.74) is 0. The molecule has 0 aromatic heterocycles. The standard InChI is InChI=1S/C10H17ClN2O2/c1-2-5-12-7-8-13(6-3-4-11)10(15)9(12)14/h2-8H2,1H3. The highest BCUT2D eigenvalue weighted by Crippen LogP contribution is 2.06. The molecule has 15 heavy (non-hydrogen) atoms. The minimum Gasteiger partial charge on any atom is -0.333 e. The largest absolute Gasteiger partial charge is 0.333 e. The minimum atomic E-state index is -0.375. The maximum atomic E-state index is 11.6. The molecule has 1 saturated heterocycles. The van der Waals surface area contributed by atoms with Crippen LogP contribution in [0.2, 0.25) is 0 Å². The quantitative estimate of drug-likeness (QED) is 0.517. The molecule has 0 radical (unpaired) electrons. The van der Waals surface area contributed by atoms with E-state index in [1.165, 1.54) is 0 Å². The van der Waals surface area contributed by atoms with E-state index in [4.69, 9.17) is 11.6 Å². The fourth-order valence-electron chi connectivity index (χ4n) is 1.66. The Morgan fingerprint density at radius 3 is 2.13 bits per heavy atom. The van der Waals surface area contributed by atoms with E-state index in [1.807, 2.05) is 6.92 Å². The van der Waals surface area contributed by atoms with Crippen LogP contribution < -0.4 is 0 Å². The van der Waals surface area contributed by atoms with E-state index in [0.29, 0.717) is 32.1 Å². The molecule has 0 bridgehead atoms. The second kappa shape index (κ2) is 5.95. The van der Waals surface area contributed by atoms with Gasteiger partial charge >= 0.3 is 11.8 Å². The first kappa shape index (κ1) is 12.3. The molecule has 5 heteroatoms. The molecule has 1 aliphatic rings. The first-order valence-electron chi connectivity index (χ1n) is 5.34. The first-order chi connectivity index (χ1) is 7.20. The SMILES string of the molecule is CCCN1CCN(CCCCl)C(=O)C1=O. The van der Waals surface area contributed by atoms with Crippen molar-refractivity contribution in [2.45, 2.75) is 19.8 Å². The van der Waals surface area contributed by atoms with Crippen molar-refractivity contribution in [2.24, 2.45) is 0 Å². The summed E-state index contributed by atoms with van der Waals surface area (Å²) in [6.45, 7) is 4.56. The molecule has 0 saturated carbocycles. The summed E-state index contributed by atoms with van der Waals surface area (Å²) in [6, 6.07) is 0. The van der Waals surface area contributed by atoms with Gasteiger partial charge in [0.15, 0.2) is 0 Å². The third kappa shape index (κ3) is 3.09. The van der Waals surface area contributed by atoms with Crippen LogP contribution in [0, 0.1) is 0 Å². The monoisotopic (exact) mass is 232 g/mol. The molecular weight excluding hydrogens is 216 g/mol. The number of hydrogen-bond acceptors (Lipinski definition) is 2. The summed E-state index contributed by atoms with van der Waals surface area (Å²) in [4.78, 5) is 26.4. The van der Waals surface area contributed by atoms with Gasteiger partial charge in [0.05, 0.1) is 0 Å². The van der Waals surface area contributed by atoms with E-state index < -0.39 is 0 Å². The molecule has 0 N–H and O–H groups in total. The average molecular weight is 233 g/mol. The zero-order valence-corrected chi connectivity index (χ0v) is 9.79. The summed E-state index contributed by atoms with van der Waals surface area (Å²) < 4.78 is 0. The summed E-state index contributed by atoms with van der Waals surface area (Å²) in [7, 11) is 0. The third-order valence-corrected chi connectivity index (χ3v) is 2.72. The Morgan fingerprint density at radius 2 is 1.67 bits per heavy atom. The Bertz CT molecular complexity index is 246. The number of carbonyl (C=O) groups is 2. The molecule has 1 fully saturated rings. The van der Waals surface area contributed by atoms with Crippen molar-refractivity contribution in [2.75, 3.05) is 32.1 Å². The fourth-order valence-corrected chi connectivity index (χ4v) is 1.78. The van der Waals surface area contributed by atoms with Crippen LogP contribution in [0.25, 0.3) is 0 Å². The van der Waals surface area contributed by atoms with Crippen LogP contribution in [0.15, 0.2) is 0 Å². The van der Waals surface area contributed by atoms with E-state index >= 15 is 0 Å². The Morgan fingerprint density at radius 1 is 1.13 bits per heavy atom. The Labute approximate surface area is 95.2 Å². The van der Waals surface area contributed by atoms with E-state index in [9.17, 15) is 9.59 Å². The number of carbonyl (C=O) groups excluding carboxylic acids is 2. The van der Waals surface area contributed by atoms with E-state index in [1.54, 1.807) is 9.80 Å². The van der Waals surface area contributed by atoms with Crippen molar-refractivity contribution in [3.63, 3.8) is 0 Å². The molecule has 0 aliphatic carbocycles. The minimum absolute atomic E-state index is 0.363.